The van der Waals surface area contributed by atoms with Crippen LogP contribution in [0.2, 0.25) is 0 Å². The van der Waals surface area contributed by atoms with Crippen molar-refractivity contribution in [2.75, 3.05) is 10.3 Å². The Morgan fingerprint density at radius 3 is 2.65 bits per heavy atom. The quantitative estimate of drug-likeness (QED) is 0.569. The molecule has 0 radical (unpaired) electrons. The number of hydrazone groups is 1. The van der Waals surface area contributed by atoms with E-state index in [1.807, 2.05) is 48.5 Å². The van der Waals surface area contributed by atoms with Crippen LogP contribution in [-0.4, -0.2) is 38.7 Å². The number of aromatic amines is 1. The molecule has 5 rings (SSSR count). The molecule has 1 fully saturated rings. The molecule has 0 bridgehead atoms. The molecule has 1 aliphatic heterocycles. The van der Waals surface area contributed by atoms with Crippen LogP contribution in [0, 0.1) is 0 Å². The predicted molar refractivity (Wildman–Crippen MR) is 116 cm³/mol. The van der Waals surface area contributed by atoms with Crippen molar-refractivity contribution in [1.82, 2.24) is 15.2 Å². The normalized spacial score (nSPS) is 18.0. The average molecular weight is 415 g/mol. The summed E-state index contributed by atoms with van der Waals surface area (Å²) in [6.45, 7) is 0. The lowest BCUT2D eigenvalue weighted by molar-refractivity contribution is -0.119. The Kier molecular flexibility index (Phi) is 4.70. The number of hydrogen-bond acceptors (Lipinski definition) is 6. The van der Waals surface area contributed by atoms with Gasteiger partial charge in [0.15, 0.2) is 5.82 Å². The molecule has 1 atom stereocenters. The van der Waals surface area contributed by atoms with E-state index in [1.165, 1.54) is 5.01 Å². The standard InChI is InChI=1S/C22H21N7O2/c23-19(30)18-12-17(28-29(18)16-7-2-1-3-8-16)22(31)24-15-6-4-5-14(11-15)21-25-20(26-27-21)13-9-10-13/h1-8,11,13,18H,9-10,12H2,(H2,23,30)(H,24,31)(H,25,26,27). The molecule has 2 aromatic carbocycles. The van der Waals surface area contributed by atoms with Gasteiger partial charge in [-0.05, 0) is 37.1 Å². The second-order valence-electron chi connectivity index (χ2n) is 7.70. The van der Waals surface area contributed by atoms with E-state index in [1.54, 1.807) is 6.07 Å². The Morgan fingerprint density at radius 1 is 1.10 bits per heavy atom. The zero-order valence-electron chi connectivity index (χ0n) is 16.7. The van der Waals surface area contributed by atoms with Gasteiger partial charge in [0.2, 0.25) is 5.91 Å². The average Bonchev–Trinajstić information content (AvgIpc) is 3.34. The van der Waals surface area contributed by atoms with Crippen LogP contribution in [0.15, 0.2) is 59.7 Å². The summed E-state index contributed by atoms with van der Waals surface area (Å²) in [7, 11) is 0. The molecular formula is C22H21N7O2. The maximum atomic E-state index is 12.9. The second-order valence-corrected chi connectivity index (χ2v) is 7.70. The first kappa shape index (κ1) is 19.0. The van der Waals surface area contributed by atoms with Crippen molar-refractivity contribution in [2.24, 2.45) is 10.8 Å². The number of anilines is 2. The molecule has 1 aromatic heterocycles. The molecule has 2 aliphatic rings. The molecule has 9 heteroatoms. The Bertz CT molecular complexity index is 1170. The van der Waals surface area contributed by atoms with Crippen molar-refractivity contribution in [3.8, 4) is 11.4 Å². The predicted octanol–water partition coefficient (Wildman–Crippen LogP) is 2.41. The summed E-state index contributed by atoms with van der Waals surface area (Å²) in [6.07, 6.45) is 2.42. The van der Waals surface area contributed by atoms with Gasteiger partial charge in [0.05, 0.1) is 5.69 Å². The number of nitrogens with two attached hydrogens (primary N) is 1. The van der Waals surface area contributed by atoms with E-state index in [2.05, 4.69) is 25.6 Å². The third-order valence-electron chi connectivity index (χ3n) is 5.37. The molecule has 2 heterocycles. The maximum Gasteiger partial charge on any atom is 0.271 e. The monoisotopic (exact) mass is 415 g/mol. The van der Waals surface area contributed by atoms with E-state index >= 15 is 0 Å². The lowest BCUT2D eigenvalue weighted by Gasteiger charge is -2.20. The fourth-order valence-electron chi connectivity index (χ4n) is 3.57. The molecule has 156 valence electrons. The van der Waals surface area contributed by atoms with Gasteiger partial charge in [-0.25, -0.2) is 4.98 Å². The van der Waals surface area contributed by atoms with Crippen molar-refractivity contribution in [1.29, 1.82) is 0 Å². The number of amides is 2. The van der Waals surface area contributed by atoms with E-state index in [-0.39, 0.29) is 18.0 Å². The number of nitrogens with zero attached hydrogens (tertiary/aromatic N) is 4. The van der Waals surface area contributed by atoms with Crippen LogP contribution >= 0.6 is 0 Å². The molecular weight excluding hydrogens is 394 g/mol. The summed E-state index contributed by atoms with van der Waals surface area (Å²) in [4.78, 5) is 29.3. The SMILES string of the molecule is NC(=O)C1CC(C(=O)Nc2cccc(-c3n[nH]c(C4CC4)n3)c2)=NN1c1ccccc1. The van der Waals surface area contributed by atoms with Gasteiger partial charge in [-0.3, -0.25) is 19.7 Å². The third kappa shape index (κ3) is 3.89. The highest BCUT2D eigenvalue weighted by Gasteiger charge is 2.35. The summed E-state index contributed by atoms with van der Waals surface area (Å²) < 4.78 is 0. The van der Waals surface area contributed by atoms with Crippen molar-refractivity contribution in [3.05, 3.63) is 60.4 Å². The van der Waals surface area contributed by atoms with Gasteiger partial charge >= 0.3 is 0 Å². The van der Waals surface area contributed by atoms with E-state index in [9.17, 15) is 9.59 Å². The number of H-pyrrole nitrogens is 1. The van der Waals surface area contributed by atoms with Crippen molar-refractivity contribution >= 4 is 28.9 Å². The van der Waals surface area contributed by atoms with Gasteiger partial charge in [-0.1, -0.05) is 30.3 Å². The van der Waals surface area contributed by atoms with Gasteiger partial charge in [0.1, 0.15) is 17.6 Å². The fraction of sp³-hybridized carbons (Fsp3) is 0.227. The molecule has 0 saturated heterocycles. The van der Waals surface area contributed by atoms with Gasteiger partial charge in [0.25, 0.3) is 5.91 Å². The molecule has 2 amide bonds. The number of rotatable bonds is 6. The van der Waals surface area contributed by atoms with Crippen LogP contribution in [0.5, 0.6) is 0 Å². The summed E-state index contributed by atoms with van der Waals surface area (Å²) in [6, 6.07) is 15.8. The van der Waals surface area contributed by atoms with E-state index in [4.69, 9.17) is 5.73 Å². The van der Waals surface area contributed by atoms with Crippen LogP contribution in [0.25, 0.3) is 11.4 Å². The maximum absolute atomic E-state index is 12.9. The Morgan fingerprint density at radius 2 is 1.90 bits per heavy atom. The number of para-hydroxylation sites is 1. The van der Waals surface area contributed by atoms with E-state index in [0.29, 0.717) is 23.1 Å². The van der Waals surface area contributed by atoms with Crippen molar-refractivity contribution in [2.45, 2.75) is 31.2 Å². The highest BCUT2D eigenvalue weighted by Crippen LogP contribution is 2.38. The molecule has 0 spiro atoms. The minimum Gasteiger partial charge on any atom is -0.368 e. The van der Waals surface area contributed by atoms with Gasteiger partial charge < -0.3 is 11.1 Å². The Hall–Kier alpha value is -4.01. The first-order valence-electron chi connectivity index (χ1n) is 10.1. The molecule has 31 heavy (non-hydrogen) atoms. The lowest BCUT2D eigenvalue weighted by Crippen LogP contribution is -2.39. The number of benzene rings is 2. The van der Waals surface area contributed by atoms with Gasteiger partial charge in [0, 0.05) is 23.6 Å². The number of carbonyl (C=O) groups is 2. The largest absolute Gasteiger partial charge is 0.368 e. The first-order valence-corrected chi connectivity index (χ1v) is 10.1. The highest BCUT2D eigenvalue weighted by molar-refractivity contribution is 6.44. The molecule has 3 aromatic rings. The van der Waals surface area contributed by atoms with Crippen molar-refractivity contribution in [3.63, 3.8) is 0 Å². The van der Waals surface area contributed by atoms with Crippen LogP contribution in [-0.2, 0) is 9.59 Å². The summed E-state index contributed by atoms with van der Waals surface area (Å²) in [5, 5.41) is 16.0. The van der Waals surface area contributed by atoms with E-state index in [0.717, 1.165) is 24.2 Å². The summed E-state index contributed by atoms with van der Waals surface area (Å²) in [5.41, 5.74) is 7.89. The third-order valence-corrected chi connectivity index (χ3v) is 5.37. The van der Waals surface area contributed by atoms with Gasteiger partial charge in [-0.2, -0.15) is 10.2 Å². The van der Waals surface area contributed by atoms with Crippen LogP contribution in [0.3, 0.4) is 0 Å². The molecule has 9 nitrogen and oxygen atoms in total. The van der Waals surface area contributed by atoms with Crippen LogP contribution in [0.4, 0.5) is 11.4 Å². The number of carbonyl (C=O) groups excluding carboxylic acids is 2. The highest BCUT2D eigenvalue weighted by atomic mass is 16.2. The number of aromatic nitrogens is 3. The molecule has 4 N–H and O–H groups in total. The molecule has 1 unspecified atom stereocenters. The zero-order chi connectivity index (χ0) is 21.4. The minimum absolute atomic E-state index is 0.140. The van der Waals surface area contributed by atoms with E-state index < -0.39 is 11.9 Å². The minimum atomic E-state index is -0.705. The first-order chi connectivity index (χ1) is 15.1. The fourth-order valence-corrected chi connectivity index (χ4v) is 3.57. The molecule has 1 aliphatic carbocycles. The summed E-state index contributed by atoms with van der Waals surface area (Å²) in [5.74, 6) is 1.07. The Balaban J connectivity index is 1.34. The number of primary amides is 1. The number of hydrogen-bond donors (Lipinski definition) is 3. The topological polar surface area (TPSA) is 129 Å². The smallest absolute Gasteiger partial charge is 0.271 e. The van der Waals surface area contributed by atoms with Crippen LogP contribution in [0.1, 0.15) is 31.0 Å². The molecule has 1 saturated carbocycles. The lowest BCUT2D eigenvalue weighted by atomic mass is 10.1. The zero-order valence-corrected chi connectivity index (χ0v) is 16.7. The Labute approximate surface area is 178 Å². The summed E-state index contributed by atoms with van der Waals surface area (Å²) >= 11 is 0. The van der Waals surface area contributed by atoms with Crippen LogP contribution < -0.4 is 16.1 Å². The van der Waals surface area contributed by atoms with Gasteiger partial charge in [-0.15, -0.1) is 0 Å². The van der Waals surface area contributed by atoms with Crippen molar-refractivity contribution < 1.29 is 9.59 Å². The number of nitrogens with one attached hydrogen (secondary N) is 2. The second kappa shape index (κ2) is 7.67.